The van der Waals surface area contributed by atoms with Gasteiger partial charge < -0.3 is 20.4 Å². The minimum absolute atomic E-state index is 0. The maximum absolute atomic E-state index is 9.08. The van der Waals surface area contributed by atoms with Crippen LogP contribution in [0.3, 0.4) is 0 Å². The number of rotatable bonds is 4. The summed E-state index contributed by atoms with van der Waals surface area (Å²) in [4.78, 5) is 16.8. The zero-order valence-corrected chi connectivity index (χ0v) is 33.5. The van der Waals surface area contributed by atoms with Crippen LogP contribution in [-0.4, -0.2) is 40.4 Å². The summed E-state index contributed by atoms with van der Waals surface area (Å²) in [7, 11) is 0. The topological polar surface area (TPSA) is 132 Å². The Hall–Kier alpha value is -6.02. The molecule has 0 saturated heterocycles. The van der Waals surface area contributed by atoms with Gasteiger partial charge in [0.05, 0.1) is 22.8 Å². The van der Waals surface area contributed by atoms with E-state index in [0.29, 0.717) is 0 Å². The molecule has 0 saturated carbocycles. The van der Waals surface area contributed by atoms with Gasteiger partial charge in [-0.15, -0.1) is 0 Å². The number of aromatic nitrogens is 4. The maximum atomic E-state index is 9.08. The van der Waals surface area contributed by atoms with Gasteiger partial charge in [-0.05, 0) is 146 Å². The fourth-order valence-electron chi connectivity index (χ4n) is 4.66. The second-order valence-electron chi connectivity index (χ2n) is 11.0. The number of hydrogen-bond acceptors (Lipinski definition) is 8. The zero-order valence-electron chi connectivity index (χ0n) is 28.7. The molecule has 0 bridgehead atoms. The fraction of sp³-hybridized carbons (Fsp3) is 0. The molecule has 0 radical (unpaired) electrons. The van der Waals surface area contributed by atoms with E-state index in [1.54, 1.807) is 73.3 Å². The van der Waals surface area contributed by atoms with Crippen LogP contribution in [0.1, 0.15) is 0 Å². The summed E-state index contributed by atoms with van der Waals surface area (Å²) >= 11 is 0. The molecular formula is C44H36Ir2N4O4+6. The Morgan fingerprint density at radius 3 is 0.574 bits per heavy atom. The molecule has 4 heterocycles. The van der Waals surface area contributed by atoms with Gasteiger partial charge in [-0.25, -0.2) is 0 Å². The predicted octanol–water partition coefficient (Wildman–Crippen LogP) is 9.81. The summed E-state index contributed by atoms with van der Waals surface area (Å²) in [5.74, 6) is 1.11. The van der Waals surface area contributed by atoms with Crippen LogP contribution in [0.4, 0.5) is 0 Å². The Morgan fingerprint density at radius 1 is 0.241 bits per heavy atom. The second kappa shape index (κ2) is 22.8. The third-order valence-corrected chi connectivity index (χ3v) is 7.31. The van der Waals surface area contributed by atoms with E-state index >= 15 is 0 Å². The molecule has 8 aromatic rings. The van der Waals surface area contributed by atoms with Gasteiger partial charge in [0.15, 0.2) is 0 Å². The summed E-state index contributed by atoms with van der Waals surface area (Å²) in [5, 5.41) is 36.3. The molecule has 54 heavy (non-hydrogen) atoms. The van der Waals surface area contributed by atoms with Crippen molar-refractivity contribution < 1.29 is 60.6 Å². The van der Waals surface area contributed by atoms with Crippen molar-refractivity contribution in [3.63, 3.8) is 0 Å². The van der Waals surface area contributed by atoms with E-state index in [1.165, 1.54) is 0 Å². The van der Waals surface area contributed by atoms with Gasteiger partial charge in [0.25, 0.3) is 0 Å². The van der Waals surface area contributed by atoms with Crippen molar-refractivity contribution in [2.24, 2.45) is 0 Å². The van der Waals surface area contributed by atoms with Gasteiger partial charge in [-0.1, -0.05) is 24.3 Å². The molecule has 10 heteroatoms. The maximum Gasteiger partial charge on any atom is 3.00 e. The van der Waals surface area contributed by atoms with Gasteiger partial charge in [-0.3, -0.25) is 19.9 Å². The average Bonchev–Trinajstić information content (AvgIpc) is 3.21. The summed E-state index contributed by atoms with van der Waals surface area (Å²) < 4.78 is 0. The van der Waals surface area contributed by atoms with E-state index in [1.807, 2.05) is 121 Å². The fourth-order valence-corrected chi connectivity index (χ4v) is 4.66. The molecule has 4 N–H and O–H groups in total. The van der Waals surface area contributed by atoms with Gasteiger partial charge in [0.1, 0.15) is 23.0 Å². The molecule has 0 aliphatic carbocycles. The van der Waals surface area contributed by atoms with E-state index in [0.717, 1.165) is 45.0 Å². The van der Waals surface area contributed by atoms with Crippen LogP contribution in [-0.2, 0) is 40.2 Å². The first-order valence-electron chi connectivity index (χ1n) is 16.3. The molecule has 0 atom stereocenters. The summed E-state index contributed by atoms with van der Waals surface area (Å²) in [5.41, 5.74) is 7.73. The third-order valence-electron chi connectivity index (χ3n) is 7.31. The summed E-state index contributed by atoms with van der Waals surface area (Å²) in [6, 6.07) is 51.0. The van der Waals surface area contributed by atoms with Gasteiger partial charge in [0.2, 0.25) is 0 Å². The smallest absolute Gasteiger partial charge is 0.508 e. The minimum Gasteiger partial charge on any atom is -0.508 e. The minimum atomic E-state index is 0. The quantitative estimate of drug-likeness (QED) is 0.137. The molecule has 4 aromatic carbocycles. The van der Waals surface area contributed by atoms with Crippen molar-refractivity contribution in [1.29, 1.82) is 0 Å². The van der Waals surface area contributed by atoms with Crippen LogP contribution < -0.4 is 0 Å². The standard InChI is InChI=1S/4C11H9NO.2Ir/c4*13-10-6-4-9(5-7-10)11-3-1-2-8-12-11;;/h4*1-8,13H;;/q;;;;2*+3. The molecule has 8 rings (SSSR count). The molecular weight excluding hydrogens is 1030 g/mol. The van der Waals surface area contributed by atoms with Gasteiger partial charge >= 0.3 is 40.2 Å². The molecule has 4 aromatic heterocycles. The van der Waals surface area contributed by atoms with E-state index < -0.39 is 0 Å². The van der Waals surface area contributed by atoms with Crippen LogP contribution in [0, 0.1) is 0 Å². The summed E-state index contributed by atoms with van der Waals surface area (Å²) in [6.45, 7) is 0. The number of phenolic OH excluding ortho intramolecular Hbond substituents is 4. The normalized spacial score (nSPS) is 9.48. The zero-order chi connectivity index (χ0) is 36.4. The third kappa shape index (κ3) is 13.8. The molecule has 0 amide bonds. The Balaban J connectivity index is 0.000000191. The molecule has 0 aliphatic heterocycles. The Kier molecular flexibility index (Phi) is 17.9. The SMILES string of the molecule is Oc1ccc(-c2ccccn2)cc1.Oc1ccc(-c2ccccn2)cc1.Oc1ccc(-c2ccccn2)cc1.Oc1ccc(-c2ccccn2)cc1.[Ir+3].[Ir+3]. The molecule has 0 spiro atoms. The van der Waals surface area contributed by atoms with E-state index in [9.17, 15) is 0 Å². The van der Waals surface area contributed by atoms with Crippen LogP contribution in [0.25, 0.3) is 45.0 Å². The number of benzene rings is 4. The molecule has 0 aliphatic rings. The Morgan fingerprint density at radius 2 is 0.426 bits per heavy atom. The van der Waals surface area contributed by atoms with Crippen molar-refractivity contribution >= 4 is 0 Å². The average molecular weight is 1070 g/mol. The van der Waals surface area contributed by atoms with E-state index in [2.05, 4.69) is 19.9 Å². The van der Waals surface area contributed by atoms with Crippen molar-refractivity contribution in [3.8, 4) is 68.0 Å². The van der Waals surface area contributed by atoms with Crippen LogP contribution in [0.15, 0.2) is 195 Å². The molecule has 0 fully saturated rings. The largest absolute Gasteiger partial charge is 3.00 e. The summed E-state index contributed by atoms with van der Waals surface area (Å²) in [6.07, 6.45) is 7.01. The van der Waals surface area contributed by atoms with E-state index in [-0.39, 0.29) is 63.2 Å². The van der Waals surface area contributed by atoms with Crippen LogP contribution in [0.2, 0.25) is 0 Å². The Bertz CT molecular complexity index is 1860. The van der Waals surface area contributed by atoms with Crippen LogP contribution in [0.5, 0.6) is 23.0 Å². The monoisotopic (exact) mass is 1070 g/mol. The number of hydrogen-bond donors (Lipinski definition) is 4. The van der Waals surface area contributed by atoms with Crippen molar-refractivity contribution in [1.82, 2.24) is 19.9 Å². The first-order chi connectivity index (χ1) is 25.4. The van der Waals surface area contributed by atoms with Crippen molar-refractivity contribution in [2.45, 2.75) is 0 Å². The number of pyridine rings is 4. The van der Waals surface area contributed by atoms with Crippen molar-refractivity contribution in [3.05, 3.63) is 195 Å². The first-order valence-corrected chi connectivity index (χ1v) is 16.3. The number of aromatic hydroxyl groups is 4. The Labute approximate surface area is 341 Å². The number of phenols is 4. The second-order valence-corrected chi connectivity index (χ2v) is 11.0. The van der Waals surface area contributed by atoms with Crippen molar-refractivity contribution in [2.75, 3.05) is 0 Å². The molecule has 8 nitrogen and oxygen atoms in total. The first kappa shape index (κ1) is 42.4. The molecule has 0 unspecified atom stereocenters. The predicted molar refractivity (Wildman–Crippen MR) is 205 cm³/mol. The van der Waals surface area contributed by atoms with Crippen LogP contribution >= 0.6 is 0 Å². The number of nitrogens with zero attached hydrogens (tertiary/aromatic N) is 4. The molecule has 268 valence electrons. The van der Waals surface area contributed by atoms with E-state index in [4.69, 9.17) is 20.4 Å². The van der Waals surface area contributed by atoms with Gasteiger partial charge in [0, 0.05) is 47.0 Å². The van der Waals surface area contributed by atoms with Gasteiger partial charge in [-0.2, -0.15) is 0 Å².